The Bertz CT molecular complexity index is 1040. The number of ether oxygens (including phenoxy) is 1. The first-order chi connectivity index (χ1) is 14.8. The Morgan fingerprint density at radius 1 is 1.06 bits per heavy atom. The smallest absolute Gasteiger partial charge is 0.407 e. The largest absolute Gasteiger partial charge is 0.445 e. The molecule has 0 spiro atoms. The van der Waals surface area contributed by atoms with Crippen molar-refractivity contribution >= 4 is 33.6 Å². The third-order valence-corrected chi connectivity index (χ3v) is 6.90. The molecule has 0 bridgehead atoms. The van der Waals surface area contributed by atoms with Crippen molar-refractivity contribution in [3.8, 4) is 0 Å². The molecule has 1 heterocycles. The molecule has 0 aromatic heterocycles. The first kappa shape index (κ1) is 23.0. The highest BCUT2D eigenvalue weighted by Gasteiger charge is 2.30. The molecule has 2 amide bonds. The Labute approximate surface area is 184 Å². The van der Waals surface area contributed by atoms with Gasteiger partial charge >= 0.3 is 6.09 Å². The van der Waals surface area contributed by atoms with Gasteiger partial charge in [-0.15, -0.1) is 0 Å². The minimum atomic E-state index is -3.86. The number of rotatable bonds is 6. The number of benzene rings is 2. The molecule has 11 heteroatoms. The number of piperazine rings is 1. The molecule has 31 heavy (non-hydrogen) atoms. The zero-order chi connectivity index (χ0) is 22.4. The fraction of sp³-hybridized carbons (Fsp3) is 0.300. The molecule has 8 nitrogen and oxygen atoms in total. The van der Waals surface area contributed by atoms with E-state index in [4.69, 9.17) is 16.3 Å². The summed E-state index contributed by atoms with van der Waals surface area (Å²) in [5.41, 5.74) is 0.823. The summed E-state index contributed by atoms with van der Waals surface area (Å²) < 4.78 is 45.0. The van der Waals surface area contributed by atoms with Crippen LogP contribution in [0, 0.1) is 5.82 Å². The molecule has 3 rings (SSSR count). The second-order valence-corrected chi connectivity index (χ2v) is 9.12. The number of nitrogens with one attached hydrogen (secondary N) is 1. The average molecular weight is 470 g/mol. The molecule has 1 aliphatic heterocycles. The number of nitrogens with zero attached hydrogens (tertiary/aromatic N) is 2. The zero-order valence-corrected chi connectivity index (χ0v) is 18.0. The van der Waals surface area contributed by atoms with Crippen LogP contribution in [0.2, 0.25) is 5.02 Å². The second-order valence-electron chi connectivity index (χ2n) is 6.78. The van der Waals surface area contributed by atoms with E-state index in [1.165, 1.54) is 9.21 Å². The SMILES string of the molecule is O=C(NCC(=O)N1CCN(S(=O)(=O)c2ccc(F)c(Cl)c2)CC1)OCc1ccccc1. The first-order valence-electron chi connectivity index (χ1n) is 9.45. The van der Waals surface area contributed by atoms with E-state index in [1.54, 1.807) is 0 Å². The molecule has 0 aliphatic carbocycles. The lowest BCUT2D eigenvalue weighted by atomic mass is 10.2. The van der Waals surface area contributed by atoms with Gasteiger partial charge in [0.2, 0.25) is 15.9 Å². The van der Waals surface area contributed by atoms with Gasteiger partial charge in [-0.05, 0) is 23.8 Å². The maximum absolute atomic E-state index is 13.3. The minimum absolute atomic E-state index is 0.0710. The van der Waals surface area contributed by atoms with E-state index in [0.29, 0.717) is 0 Å². The number of carbonyl (C=O) groups excluding carboxylic acids is 2. The number of carbonyl (C=O) groups is 2. The molecule has 0 saturated carbocycles. The van der Waals surface area contributed by atoms with Gasteiger partial charge in [-0.1, -0.05) is 41.9 Å². The first-order valence-corrected chi connectivity index (χ1v) is 11.3. The van der Waals surface area contributed by atoms with Gasteiger partial charge in [0, 0.05) is 26.2 Å². The zero-order valence-electron chi connectivity index (χ0n) is 16.5. The molecule has 1 fully saturated rings. The number of alkyl carbamates (subject to hydrolysis) is 1. The molecule has 2 aromatic carbocycles. The summed E-state index contributed by atoms with van der Waals surface area (Å²) in [5.74, 6) is -1.05. The Balaban J connectivity index is 1.46. The highest BCUT2D eigenvalue weighted by atomic mass is 35.5. The maximum atomic E-state index is 13.3. The third-order valence-electron chi connectivity index (χ3n) is 4.72. The molecule has 0 radical (unpaired) electrons. The molecule has 0 unspecified atom stereocenters. The normalized spacial score (nSPS) is 14.8. The van der Waals surface area contributed by atoms with Crippen molar-refractivity contribution in [1.82, 2.24) is 14.5 Å². The van der Waals surface area contributed by atoms with Crippen molar-refractivity contribution < 1.29 is 27.1 Å². The van der Waals surface area contributed by atoms with Crippen LogP contribution >= 0.6 is 11.6 Å². The van der Waals surface area contributed by atoms with E-state index in [0.717, 1.165) is 23.8 Å². The van der Waals surface area contributed by atoms with Crippen LogP contribution < -0.4 is 5.32 Å². The van der Waals surface area contributed by atoms with Gasteiger partial charge in [-0.25, -0.2) is 17.6 Å². The Morgan fingerprint density at radius 3 is 2.39 bits per heavy atom. The summed E-state index contributed by atoms with van der Waals surface area (Å²) >= 11 is 5.69. The summed E-state index contributed by atoms with van der Waals surface area (Å²) in [6.07, 6.45) is -0.716. The number of hydrogen-bond donors (Lipinski definition) is 1. The van der Waals surface area contributed by atoms with Crippen LogP contribution in [0.4, 0.5) is 9.18 Å². The van der Waals surface area contributed by atoms with Gasteiger partial charge in [0.1, 0.15) is 19.0 Å². The topological polar surface area (TPSA) is 96.0 Å². The van der Waals surface area contributed by atoms with Crippen LogP contribution in [0.15, 0.2) is 53.4 Å². The van der Waals surface area contributed by atoms with Crippen molar-refractivity contribution in [2.75, 3.05) is 32.7 Å². The highest BCUT2D eigenvalue weighted by molar-refractivity contribution is 7.89. The van der Waals surface area contributed by atoms with E-state index < -0.39 is 21.9 Å². The van der Waals surface area contributed by atoms with Crippen molar-refractivity contribution in [2.24, 2.45) is 0 Å². The standard InChI is InChI=1S/C20H21ClFN3O5S/c21-17-12-16(6-7-18(17)22)31(28,29)25-10-8-24(9-11-25)19(26)13-23-20(27)30-14-15-4-2-1-3-5-15/h1-7,12H,8-11,13-14H2,(H,23,27). The van der Waals surface area contributed by atoms with E-state index in [2.05, 4.69) is 5.32 Å². The lowest BCUT2D eigenvalue weighted by molar-refractivity contribution is -0.131. The lowest BCUT2D eigenvalue weighted by Crippen LogP contribution is -2.52. The molecular weight excluding hydrogens is 449 g/mol. The maximum Gasteiger partial charge on any atom is 0.407 e. The third kappa shape index (κ3) is 5.93. The van der Waals surface area contributed by atoms with Gasteiger partial charge in [0.25, 0.3) is 0 Å². The Hall–Kier alpha value is -2.69. The average Bonchev–Trinajstić information content (AvgIpc) is 2.78. The monoisotopic (exact) mass is 469 g/mol. The quantitative estimate of drug-likeness (QED) is 0.700. The van der Waals surface area contributed by atoms with Gasteiger partial charge < -0.3 is 15.0 Å². The van der Waals surface area contributed by atoms with Gasteiger partial charge in [-0.3, -0.25) is 4.79 Å². The second kappa shape index (κ2) is 10.1. The van der Waals surface area contributed by atoms with Gasteiger partial charge in [0.05, 0.1) is 9.92 Å². The van der Waals surface area contributed by atoms with Crippen molar-refractivity contribution in [1.29, 1.82) is 0 Å². The number of hydrogen-bond acceptors (Lipinski definition) is 5. The fourth-order valence-electron chi connectivity index (χ4n) is 3.00. The summed E-state index contributed by atoms with van der Waals surface area (Å²) in [5, 5.41) is 2.12. The van der Waals surface area contributed by atoms with Crippen LogP contribution in [0.25, 0.3) is 0 Å². The predicted molar refractivity (Wildman–Crippen MR) is 111 cm³/mol. The summed E-state index contributed by atoms with van der Waals surface area (Å²) in [6, 6.07) is 12.3. The Kier molecular flexibility index (Phi) is 7.47. The molecule has 166 valence electrons. The highest BCUT2D eigenvalue weighted by Crippen LogP contribution is 2.23. The molecule has 1 N–H and O–H groups in total. The van der Waals surface area contributed by atoms with E-state index in [-0.39, 0.29) is 55.2 Å². The van der Waals surface area contributed by atoms with Crippen molar-refractivity contribution in [2.45, 2.75) is 11.5 Å². The lowest BCUT2D eigenvalue weighted by Gasteiger charge is -2.34. The molecule has 1 aliphatic rings. The van der Waals surface area contributed by atoms with Crippen molar-refractivity contribution in [3.63, 3.8) is 0 Å². The van der Waals surface area contributed by atoms with Crippen LogP contribution in [0.5, 0.6) is 0 Å². The molecule has 0 atom stereocenters. The summed E-state index contributed by atoms with van der Waals surface area (Å²) in [7, 11) is -3.86. The molecule has 2 aromatic rings. The van der Waals surface area contributed by atoms with Crippen LogP contribution in [0.3, 0.4) is 0 Å². The van der Waals surface area contributed by atoms with Gasteiger partial charge in [-0.2, -0.15) is 4.31 Å². The Morgan fingerprint density at radius 2 is 1.74 bits per heavy atom. The molecular formula is C20H21ClFN3O5S. The molecule has 1 saturated heterocycles. The van der Waals surface area contributed by atoms with E-state index in [1.807, 2.05) is 30.3 Å². The van der Waals surface area contributed by atoms with Crippen LogP contribution in [0.1, 0.15) is 5.56 Å². The number of sulfonamides is 1. The summed E-state index contributed by atoms with van der Waals surface area (Å²) in [4.78, 5) is 25.4. The number of halogens is 2. The summed E-state index contributed by atoms with van der Waals surface area (Å²) in [6.45, 7) is 0.295. The van der Waals surface area contributed by atoms with Crippen LogP contribution in [-0.4, -0.2) is 62.3 Å². The fourth-order valence-corrected chi connectivity index (χ4v) is 4.69. The van der Waals surface area contributed by atoms with Crippen LogP contribution in [-0.2, 0) is 26.2 Å². The van der Waals surface area contributed by atoms with Gasteiger partial charge in [0.15, 0.2) is 0 Å². The predicted octanol–water partition coefficient (Wildman–Crippen LogP) is 2.24. The van der Waals surface area contributed by atoms with Crippen molar-refractivity contribution in [3.05, 3.63) is 64.9 Å². The minimum Gasteiger partial charge on any atom is -0.445 e. The van der Waals surface area contributed by atoms with E-state index in [9.17, 15) is 22.4 Å². The number of amides is 2. The van der Waals surface area contributed by atoms with E-state index >= 15 is 0 Å².